The van der Waals surface area contributed by atoms with Crippen molar-refractivity contribution in [1.29, 1.82) is 0 Å². The molecule has 1 aliphatic rings. The molecule has 1 saturated heterocycles. The van der Waals surface area contributed by atoms with Crippen molar-refractivity contribution < 1.29 is 22.7 Å². The van der Waals surface area contributed by atoms with E-state index in [1.165, 1.54) is 4.31 Å². The predicted octanol–water partition coefficient (Wildman–Crippen LogP) is 3.24. The third-order valence-corrected chi connectivity index (χ3v) is 8.13. The Morgan fingerprint density at radius 3 is 2.30 bits per heavy atom. The number of hydrogen-bond acceptors (Lipinski definition) is 6. The number of amides is 1. The van der Waals surface area contributed by atoms with Crippen LogP contribution in [-0.2, 0) is 43.1 Å². The van der Waals surface area contributed by atoms with Gasteiger partial charge in [0.05, 0.1) is 5.75 Å². The molecule has 194 valence electrons. The molecule has 0 bridgehead atoms. The summed E-state index contributed by atoms with van der Waals surface area (Å²) in [6.07, 6.45) is 4.08. The number of rotatable bonds is 10. The number of aromatic nitrogens is 1. The highest BCUT2D eigenvalue weighted by Gasteiger charge is 2.39. The zero-order chi connectivity index (χ0) is 26.1. The maximum atomic E-state index is 13.4. The third-order valence-electron chi connectivity index (χ3n) is 6.28. The fourth-order valence-corrected chi connectivity index (χ4v) is 6.15. The van der Waals surface area contributed by atoms with Gasteiger partial charge < -0.3 is 10.1 Å². The summed E-state index contributed by atoms with van der Waals surface area (Å²) in [6, 6.07) is 20.8. The maximum Gasteiger partial charge on any atom is 0.325 e. The number of carbonyl (C=O) groups is 2. The molecule has 0 spiro atoms. The third kappa shape index (κ3) is 7.47. The number of pyridine rings is 1. The topological polar surface area (TPSA) is 106 Å². The van der Waals surface area contributed by atoms with Gasteiger partial charge >= 0.3 is 5.97 Å². The predicted molar refractivity (Wildman–Crippen MR) is 140 cm³/mol. The molecule has 0 saturated carbocycles. The Bertz CT molecular complexity index is 1270. The number of carbonyl (C=O) groups excluding carboxylic acids is 2. The van der Waals surface area contributed by atoms with Crippen LogP contribution in [0.5, 0.6) is 0 Å². The number of benzene rings is 2. The molecule has 9 heteroatoms. The minimum Gasteiger partial charge on any atom is -0.451 e. The van der Waals surface area contributed by atoms with Gasteiger partial charge in [0.25, 0.3) is 5.91 Å². The Morgan fingerprint density at radius 2 is 1.62 bits per heavy atom. The monoisotopic (exact) mass is 521 g/mol. The second kappa shape index (κ2) is 12.6. The van der Waals surface area contributed by atoms with Gasteiger partial charge in [0.1, 0.15) is 6.04 Å². The number of esters is 1. The SMILES string of the molecule is O=C(O[C@H](Cc1ccccc1)C(=O)NCc1cccnc1)[C@H]1CCCCN1S(=O)(=O)Cc1ccccc1. The lowest BCUT2D eigenvalue weighted by Crippen LogP contribution is -2.51. The van der Waals surface area contributed by atoms with E-state index < -0.39 is 34.0 Å². The quantitative estimate of drug-likeness (QED) is 0.411. The number of piperidine rings is 1. The largest absolute Gasteiger partial charge is 0.451 e. The van der Waals surface area contributed by atoms with Crippen LogP contribution in [0.15, 0.2) is 85.2 Å². The fraction of sp³-hybridized carbons (Fsp3) is 0.321. The van der Waals surface area contributed by atoms with Gasteiger partial charge in [-0.15, -0.1) is 0 Å². The smallest absolute Gasteiger partial charge is 0.325 e. The second-order valence-corrected chi connectivity index (χ2v) is 11.0. The molecule has 3 aromatic rings. The van der Waals surface area contributed by atoms with Crippen LogP contribution in [0.1, 0.15) is 36.0 Å². The lowest BCUT2D eigenvalue weighted by atomic mass is 10.0. The highest BCUT2D eigenvalue weighted by atomic mass is 32.2. The van der Waals surface area contributed by atoms with Crippen LogP contribution in [0.4, 0.5) is 0 Å². The molecule has 1 aromatic heterocycles. The summed E-state index contributed by atoms with van der Waals surface area (Å²) in [7, 11) is -3.77. The van der Waals surface area contributed by atoms with Crippen LogP contribution in [0.3, 0.4) is 0 Å². The summed E-state index contributed by atoms with van der Waals surface area (Å²) in [4.78, 5) is 30.5. The van der Waals surface area contributed by atoms with Crippen LogP contribution >= 0.6 is 0 Å². The number of sulfonamides is 1. The summed E-state index contributed by atoms with van der Waals surface area (Å²) < 4.78 is 33.5. The van der Waals surface area contributed by atoms with E-state index in [0.29, 0.717) is 24.8 Å². The van der Waals surface area contributed by atoms with Crippen LogP contribution in [0.2, 0.25) is 0 Å². The molecule has 8 nitrogen and oxygen atoms in total. The molecule has 0 radical (unpaired) electrons. The molecule has 1 amide bonds. The summed E-state index contributed by atoms with van der Waals surface area (Å²) in [6.45, 7) is 0.474. The van der Waals surface area contributed by atoms with E-state index in [0.717, 1.165) is 11.1 Å². The molecule has 2 atom stereocenters. The number of ether oxygens (including phenoxy) is 1. The van der Waals surface area contributed by atoms with Gasteiger partial charge in [-0.2, -0.15) is 4.31 Å². The van der Waals surface area contributed by atoms with E-state index in [1.807, 2.05) is 42.5 Å². The lowest BCUT2D eigenvalue weighted by Gasteiger charge is -2.34. The highest BCUT2D eigenvalue weighted by Crippen LogP contribution is 2.25. The summed E-state index contributed by atoms with van der Waals surface area (Å²) in [5, 5.41) is 2.81. The minimum absolute atomic E-state index is 0.176. The first-order valence-corrected chi connectivity index (χ1v) is 14.0. The zero-order valence-corrected chi connectivity index (χ0v) is 21.3. The fourth-order valence-electron chi connectivity index (χ4n) is 4.38. The van der Waals surface area contributed by atoms with Crippen LogP contribution in [0, 0.1) is 0 Å². The molecular weight excluding hydrogens is 490 g/mol. The van der Waals surface area contributed by atoms with E-state index in [9.17, 15) is 18.0 Å². The summed E-state index contributed by atoms with van der Waals surface area (Å²) >= 11 is 0. The normalized spacial score (nSPS) is 17.0. The second-order valence-electron chi connectivity index (χ2n) is 9.06. The van der Waals surface area contributed by atoms with Gasteiger partial charge in [-0.05, 0) is 42.0 Å². The molecule has 2 heterocycles. The molecule has 1 aliphatic heterocycles. The first kappa shape index (κ1) is 26.5. The van der Waals surface area contributed by atoms with Crippen molar-refractivity contribution in [2.24, 2.45) is 0 Å². The zero-order valence-electron chi connectivity index (χ0n) is 20.5. The molecule has 1 fully saturated rings. The average molecular weight is 522 g/mol. The number of hydrogen-bond donors (Lipinski definition) is 1. The Kier molecular flexibility index (Phi) is 9.03. The highest BCUT2D eigenvalue weighted by molar-refractivity contribution is 7.88. The summed E-state index contributed by atoms with van der Waals surface area (Å²) in [5.74, 6) is -1.35. The van der Waals surface area contributed by atoms with Crippen molar-refractivity contribution in [3.63, 3.8) is 0 Å². The van der Waals surface area contributed by atoms with Gasteiger partial charge in [-0.1, -0.05) is 66.7 Å². The average Bonchev–Trinajstić information content (AvgIpc) is 2.93. The van der Waals surface area contributed by atoms with Crippen molar-refractivity contribution in [2.45, 2.75) is 50.1 Å². The Hall–Kier alpha value is -3.56. The van der Waals surface area contributed by atoms with E-state index >= 15 is 0 Å². The van der Waals surface area contributed by atoms with Crippen molar-refractivity contribution in [3.8, 4) is 0 Å². The first-order valence-electron chi connectivity index (χ1n) is 12.4. The van der Waals surface area contributed by atoms with Gasteiger partial charge in [0, 0.05) is 31.9 Å². The van der Waals surface area contributed by atoms with Crippen LogP contribution in [0.25, 0.3) is 0 Å². The Balaban J connectivity index is 1.49. The van der Waals surface area contributed by atoms with Crippen molar-refractivity contribution >= 4 is 21.9 Å². The van der Waals surface area contributed by atoms with Gasteiger partial charge in [0.15, 0.2) is 6.10 Å². The number of nitrogens with zero attached hydrogens (tertiary/aromatic N) is 2. The molecule has 2 aromatic carbocycles. The van der Waals surface area contributed by atoms with Crippen molar-refractivity contribution in [1.82, 2.24) is 14.6 Å². The molecule has 0 aliphatic carbocycles. The van der Waals surface area contributed by atoms with E-state index in [4.69, 9.17) is 4.74 Å². The van der Waals surface area contributed by atoms with Crippen molar-refractivity contribution in [2.75, 3.05) is 6.54 Å². The van der Waals surface area contributed by atoms with E-state index in [2.05, 4.69) is 10.3 Å². The minimum atomic E-state index is -3.77. The first-order chi connectivity index (χ1) is 17.9. The Morgan fingerprint density at radius 1 is 0.946 bits per heavy atom. The van der Waals surface area contributed by atoms with Gasteiger partial charge in [-0.25, -0.2) is 8.42 Å². The standard InChI is InChI=1S/C28H31N3O5S/c32-27(30-20-24-14-9-16-29-19-24)26(18-22-10-3-1-4-11-22)36-28(33)25-15-7-8-17-31(25)37(34,35)21-23-12-5-2-6-13-23/h1-6,9-14,16,19,25-26H,7-8,15,17-18,20-21H2,(H,30,32)/t25-,26-/m1/s1. The molecule has 0 unspecified atom stereocenters. The molecule has 4 rings (SSSR count). The lowest BCUT2D eigenvalue weighted by molar-refractivity contribution is -0.160. The van der Waals surface area contributed by atoms with Crippen LogP contribution < -0.4 is 5.32 Å². The van der Waals surface area contributed by atoms with E-state index in [1.54, 1.807) is 42.7 Å². The van der Waals surface area contributed by atoms with E-state index in [-0.39, 0.29) is 25.3 Å². The molecular formula is C28H31N3O5S. The molecule has 1 N–H and O–H groups in total. The van der Waals surface area contributed by atoms with Gasteiger partial charge in [0.2, 0.25) is 10.0 Å². The number of nitrogens with one attached hydrogen (secondary N) is 1. The van der Waals surface area contributed by atoms with Crippen molar-refractivity contribution in [3.05, 3.63) is 102 Å². The molecule has 37 heavy (non-hydrogen) atoms. The van der Waals surface area contributed by atoms with Crippen LogP contribution in [-0.4, -0.2) is 48.3 Å². The van der Waals surface area contributed by atoms with Gasteiger partial charge in [-0.3, -0.25) is 14.6 Å². The maximum absolute atomic E-state index is 13.4. The Labute approximate surface area is 217 Å². The summed E-state index contributed by atoms with van der Waals surface area (Å²) in [5.41, 5.74) is 2.29.